The first-order valence-corrected chi connectivity index (χ1v) is 11.9. The average Bonchev–Trinajstić information content (AvgIpc) is 3.05. The maximum atomic E-state index is 12.9. The number of hydrogen-bond donors (Lipinski definition) is 0. The van der Waals surface area contributed by atoms with Crippen LogP contribution in [0.25, 0.3) is 0 Å². The largest absolute Gasteiger partial charge is 0.497 e. The maximum absolute atomic E-state index is 12.9. The van der Waals surface area contributed by atoms with Gasteiger partial charge in [-0.05, 0) is 30.5 Å². The second kappa shape index (κ2) is 5.63. The molecule has 1 heterocycles. The summed E-state index contributed by atoms with van der Waals surface area (Å²) in [7, 11) is -0.311. The lowest BCUT2D eigenvalue weighted by Gasteiger charge is -2.37. The Morgan fingerprint density at radius 1 is 1.13 bits per heavy atom. The molecule has 1 aliphatic heterocycles. The molecule has 4 nitrogen and oxygen atoms in total. The molecule has 23 heavy (non-hydrogen) atoms. The molecule has 1 atom stereocenters. The van der Waals surface area contributed by atoms with Crippen LogP contribution in [0.4, 0.5) is 0 Å². The van der Waals surface area contributed by atoms with Crippen molar-refractivity contribution in [3.63, 3.8) is 0 Å². The summed E-state index contributed by atoms with van der Waals surface area (Å²) >= 11 is 0. The predicted octanol–water partition coefficient (Wildman–Crippen LogP) is 3.70. The highest BCUT2D eigenvalue weighted by atomic mass is 28.3. The summed E-state index contributed by atoms with van der Waals surface area (Å²) in [5.41, 5.74) is 1.08. The molecule has 1 saturated heterocycles. The van der Waals surface area contributed by atoms with Crippen LogP contribution in [0, 0.1) is 0 Å². The highest BCUT2D eigenvalue weighted by molar-refractivity contribution is 6.82. The number of carbonyl (C=O) groups excluding carboxylic acids is 1. The normalized spacial score (nSPS) is 26.5. The van der Waals surface area contributed by atoms with Crippen LogP contribution >= 0.6 is 0 Å². The first-order valence-electron chi connectivity index (χ1n) is 8.37. The van der Waals surface area contributed by atoms with Crippen LogP contribution < -0.4 is 4.74 Å². The Morgan fingerprint density at radius 2 is 1.74 bits per heavy atom. The fraction of sp³-hybridized carbons (Fsp3) is 0.611. The summed E-state index contributed by atoms with van der Waals surface area (Å²) in [6.45, 7) is 6.56. The van der Waals surface area contributed by atoms with Crippen molar-refractivity contribution < 1.29 is 19.0 Å². The van der Waals surface area contributed by atoms with Gasteiger partial charge in [-0.2, -0.15) is 0 Å². The summed E-state index contributed by atoms with van der Waals surface area (Å²) in [5.74, 6) is -0.00326. The molecule has 5 heteroatoms. The van der Waals surface area contributed by atoms with Crippen molar-refractivity contribution >= 4 is 14.0 Å². The fourth-order valence-electron chi connectivity index (χ4n) is 3.61. The van der Waals surface area contributed by atoms with E-state index in [0.29, 0.717) is 6.42 Å². The zero-order valence-corrected chi connectivity index (χ0v) is 15.5. The van der Waals surface area contributed by atoms with Gasteiger partial charge in [0.15, 0.2) is 5.22 Å². The monoisotopic (exact) mass is 334 g/mol. The van der Waals surface area contributed by atoms with Gasteiger partial charge in [-0.25, -0.2) is 4.79 Å². The molecule has 0 amide bonds. The Kier molecular flexibility index (Phi) is 4.05. The van der Waals surface area contributed by atoms with Gasteiger partial charge < -0.3 is 14.2 Å². The van der Waals surface area contributed by atoms with Crippen molar-refractivity contribution in [3.8, 4) is 5.75 Å². The number of benzene rings is 1. The summed E-state index contributed by atoms with van der Waals surface area (Å²) in [6.07, 6.45) is 4.36. The van der Waals surface area contributed by atoms with Crippen molar-refractivity contribution in [1.29, 1.82) is 0 Å². The van der Waals surface area contributed by atoms with E-state index in [4.69, 9.17) is 14.2 Å². The van der Waals surface area contributed by atoms with Crippen LogP contribution in [0.15, 0.2) is 24.3 Å². The van der Waals surface area contributed by atoms with Gasteiger partial charge in [0.2, 0.25) is 5.79 Å². The zero-order chi connectivity index (χ0) is 16.7. The highest BCUT2D eigenvalue weighted by Gasteiger charge is 2.64. The van der Waals surface area contributed by atoms with Gasteiger partial charge >= 0.3 is 5.97 Å². The molecule has 0 aromatic heterocycles. The Morgan fingerprint density at radius 3 is 2.26 bits per heavy atom. The van der Waals surface area contributed by atoms with E-state index in [1.54, 1.807) is 7.11 Å². The molecule has 1 saturated carbocycles. The molecule has 0 bridgehead atoms. The van der Waals surface area contributed by atoms with Gasteiger partial charge in [0.25, 0.3) is 0 Å². The topological polar surface area (TPSA) is 44.8 Å². The smallest absolute Gasteiger partial charge is 0.337 e. The molecular formula is C18H26O4Si. The molecule has 126 valence electrons. The molecule has 1 aliphatic carbocycles. The van der Waals surface area contributed by atoms with Crippen LogP contribution in [-0.4, -0.2) is 32.2 Å². The molecule has 1 aromatic carbocycles. The molecule has 1 spiro atoms. The number of carbonyl (C=O) groups is 1. The Bertz CT molecular complexity index is 584. The highest BCUT2D eigenvalue weighted by Crippen LogP contribution is 2.48. The first-order chi connectivity index (χ1) is 10.8. The summed E-state index contributed by atoms with van der Waals surface area (Å²) in [4.78, 5) is 12.9. The SMILES string of the molecule is COc1ccc(CC2([Si](C)(C)C)OC3(CCCC3)OC2=O)cc1. The van der Waals surface area contributed by atoms with E-state index in [-0.39, 0.29) is 5.97 Å². The second-order valence-corrected chi connectivity index (χ2v) is 13.0. The number of ether oxygens (including phenoxy) is 3. The number of hydrogen-bond acceptors (Lipinski definition) is 4. The predicted molar refractivity (Wildman–Crippen MR) is 91.2 cm³/mol. The molecule has 1 aromatic rings. The summed E-state index contributed by atoms with van der Waals surface area (Å²) in [5, 5.41) is -0.800. The maximum Gasteiger partial charge on any atom is 0.337 e. The van der Waals surface area contributed by atoms with Crippen LogP contribution in [0.1, 0.15) is 31.2 Å². The van der Waals surface area contributed by atoms with Crippen molar-refractivity contribution in [1.82, 2.24) is 0 Å². The van der Waals surface area contributed by atoms with E-state index in [1.807, 2.05) is 24.3 Å². The third-order valence-electron chi connectivity index (χ3n) is 5.16. The number of rotatable bonds is 4. The van der Waals surface area contributed by atoms with Gasteiger partial charge in [-0.15, -0.1) is 0 Å². The van der Waals surface area contributed by atoms with Gasteiger partial charge in [-0.1, -0.05) is 31.8 Å². The van der Waals surface area contributed by atoms with Gasteiger partial charge in [0.1, 0.15) is 5.75 Å². The van der Waals surface area contributed by atoms with Crippen LogP contribution in [-0.2, 0) is 20.7 Å². The third-order valence-corrected chi connectivity index (χ3v) is 8.06. The van der Waals surface area contributed by atoms with E-state index in [1.165, 1.54) is 0 Å². The Labute approximate surface area is 139 Å². The average molecular weight is 334 g/mol. The lowest BCUT2D eigenvalue weighted by molar-refractivity contribution is -0.176. The minimum absolute atomic E-state index is 0.158. The Balaban J connectivity index is 1.93. The van der Waals surface area contributed by atoms with Crippen LogP contribution in [0.5, 0.6) is 5.75 Å². The lowest BCUT2D eigenvalue weighted by Crippen LogP contribution is -2.59. The lowest BCUT2D eigenvalue weighted by atomic mass is 10.1. The van der Waals surface area contributed by atoms with E-state index in [9.17, 15) is 4.79 Å². The minimum Gasteiger partial charge on any atom is -0.497 e. The first kappa shape index (κ1) is 16.5. The molecule has 0 N–H and O–H groups in total. The molecule has 3 rings (SSSR count). The summed E-state index contributed by atoms with van der Waals surface area (Å²) < 4.78 is 17.5. The quantitative estimate of drug-likeness (QED) is 0.622. The fourth-order valence-corrected chi connectivity index (χ4v) is 5.50. The second-order valence-electron chi connectivity index (χ2n) is 7.71. The van der Waals surface area contributed by atoms with E-state index < -0.39 is 19.1 Å². The standard InChI is InChI=1S/C18H26O4Si/c1-20-15-9-7-14(8-10-15)13-18(23(2,3)4)16(19)21-17(22-18)11-5-6-12-17/h7-10H,5-6,11-13H2,1-4H3. The van der Waals surface area contributed by atoms with Crippen LogP contribution in [0.2, 0.25) is 19.6 Å². The van der Waals surface area contributed by atoms with Crippen molar-refractivity contribution in [3.05, 3.63) is 29.8 Å². The van der Waals surface area contributed by atoms with E-state index in [2.05, 4.69) is 19.6 Å². The zero-order valence-electron chi connectivity index (χ0n) is 14.5. The van der Waals surface area contributed by atoms with Gasteiger partial charge in [-0.3, -0.25) is 0 Å². The number of esters is 1. The number of methoxy groups -OCH3 is 1. The van der Waals surface area contributed by atoms with Gasteiger partial charge in [0, 0.05) is 19.3 Å². The molecular weight excluding hydrogens is 308 g/mol. The molecule has 2 fully saturated rings. The molecule has 1 unspecified atom stereocenters. The molecule has 0 radical (unpaired) electrons. The van der Waals surface area contributed by atoms with Crippen LogP contribution in [0.3, 0.4) is 0 Å². The van der Waals surface area contributed by atoms with E-state index >= 15 is 0 Å². The van der Waals surface area contributed by atoms with Crippen molar-refractivity contribution in [2.75, 3.05) is 7.11 Å². The Hall–Kier alpha value is -1.33. The van der Waals surface area contributed by atoms with E-state index in [0.717, 1.165) is 37.0 Å². The third kappa shape index (κ3) is 2.81. The molecule has 2 aliphatic rings. The summed E-state index contributed by atoms with van der Waals surface area (Å²) in [6, 6.07) is 7.88. The minimum atomic E-state index is -1.96. The van der Waals surface area contributed by atoms with Crippen molar-refractivity contribution in [2.45, 2.75) is 62.8 Å². The van der Waals surface area contributed by atoms with Gasteiger partial charge in [0.05, 0.1) is 15.2 Å². The van der Waals surface area contributed by atoms with Crippen molar-refractivity contribution in [2.24, 2.45) is 0 Å².